The molecule has 2 rings (SSSR count). The molecule has 0 saturated heterocycles. The summed E-state index contributed by atoms with van der Waals surface area (Å²) in [4.78, 5) is 20.5. The van der Waals surface area contributed by atoms with Gasteiger partial charge in [0.15, 0.2) is 10.9 Å². The number of carbonyl (C=O) groups is 1. The number of ether oxygens (including phenoxy) is 1. The Morgan fingerprint density at radius 2 is 2.08 bits per heavy atom. The molecule has 1 heterocycles. The number of hydrogen-bond donors (Lipinski definition) is 1. The normalized spacial score (nSPS) is 10.7. The number of halogens is 3. The summed E-state index contributed by atoms with van der Waals surface area (Å²) in [7, 11) is 0. The third-order valence-electron chi connectivity index (χ3n) is 2.71. The number of nitrogens with zero attached hydrogens (tertiary/aromatic N) is 2. The molecule has 0 saturated carbocycles. The summed E-state index contributed by atoms with van der Waals surface area (Å²) in [6, 6.07) is 5.53. The van der Waals surface area contributed by atoms with Crippen molar-refractivity contribution in [2.45, 2.75) is 25.1 Å². The molecule has 0 aliphatic rings. The van der Waals surface area contributed by atoms with E-state index >= 15 is 0 Å². The van der Waals surface area contributed by atoms with Crippen LogP contribution in [0.25, 0.3) is 0 Å². The van der Waals surface area contributed by atoms with E-state index in [0.29, 0.717) is 10.8 Å². The predicted molar refractivity (Wildman–Crippen MR) is 89.1 cm³/mol. The minimum atomic E-state index is -2.90. The van der Waals surface area contributed by atoms with Gasteiger partial charge in [0.25, 0.3) is 5.91 Å². The fourth-order valence-corrected chi connectivity index (χ4v) is 2.53. The number of thioether (sulfide) groups is 1. The molecule has 5 nitrogen and oxygen atoms in total. The number of nitrogens with one attached hydrogen (secondary N) is 1. The Morgan fingerprint density at radius 3 is 2.71 bits per heavy atom. The molecule has 2 aromatic rings. The van der Waals surface area contributed by atoms with Crippen molar-refractivity contribution in [2.24, 2.45) is 0 Å². The van der Waals surface area contributed by atoms with Crippen LogP contribution in [0.3, 0.4) is 0 Å². The van der Waals surface area contributed by atoms with Gasteiger partial charge >= 0.3 is 6.61 Å². The summed E-state index contributed by atoms with van der Waals surface area (Å²) >= 11 is 7.40. The molecule has 0 aliphatic carbocycles. The lowest BCUT2D eigenvalue weighted by Crippen LogP contribution is -2.15. The van der Waals surface area contributed by atoms with Crippen LogP contribution in [0, 0.1) is 0 Å². The number of aromatic nitrogens is 2. The average molecular weight is 374 g/mol. The molecule has 0 atom stereocenters. The SMILES string of the molecule is CCCSc1ncc(Cl)c(C(=O)Nc2ccc(OC(F)F)cc2)n1. The van der Waals surface area contributed by atoms with Crippen LogP contribution in [0.15, 0.2) is 35.6 Å². The van der Waals surface area contributed by atoms with Gasteiger partial charge in [-0.25, -0.2) is 9.97 Å². The molecule has 1 amide bonds. The number of benzene rings is 1. The molecule has 128 valence electrons. The number of carbonyl (C=O) groups excluding carboxylic acids is 1. The molecule has 0 aliphatic heterocycles. The first-order valence-corrected chi connectivity index (χ1v) is 8.37. The minimum Gasteiger partial charge on any atom is -0.435 e. The molecule has 0 spiro atoms. The Balaban J connectivity index is 2.08. The maximum Gasteiger partial charge on any atom is 0.387 e. The topological polar surface area (TPSA) is 64.1 Å². The van der Waals surface area contributed by atoms with Crippen molar-refractivity contribution >= 4 is 35.0 Å². The lowest BCUT2D eigenvalue weighted by atomic mass is 10.3. The minimum absolute atomic E-state index is 0.00122. The van der Waals surface area contributed by atoms with Gasteiger partial charge in [-0.05, 0) is 30.7 Å². The fourth-order valence-electron chi connectivity index (χ4n) is 1.68. The maximum atomic E-state index is 12.3. The van der Waals surface area contributed by atoms with Crippen LogP contribution < -0.4 is 10.1 Å². The van der Waals surface area contributed by atoms with Crippen molar-refractivity contribution in [3.8, 4) is 5.75 Å². The van der Waals surface area contributed by atoms with E-state index in [2.05, 4.69) is 20.0 Å². The largest absolute Gasteiger partial charge is 0.435 e. The zero-order chi connectivity index (χ0) is 17.5. The van der Waals surface area contributed by atoms with Gasteiger partial charge in [-0.1, -0.05) is 30.3 Å². The molecule has 1 N–H and O–H groups in total. The number of amides is 1. The predicted octanol–water partition coefficient (Wildman–Crippen LogP) is 4.49. The second kappa shape index (κ2) is 8.79. The molecule has 0 unspecified atom stereocenters. The van der Waals surface area contributed by atoms with Crippen LogP contribution in [-0.2, 0) is 0 Å². The van der Waals surface area contributed by atoms with Crippen LogP contribution in [0.5, 0.6) is 5.75 Å². The lowest BCUT2D eigenvalue weighted by Gasteiger charge is -2.08. The van der Waals surface area contributed by atoms with Gasteiger partial charge in [-0.15, -0.1) is 0 Å². The summed E-state index contributed by atoms with van der Waals surface area (Å²) in [5, 5.41) is 3.19. The van der Waals surface area contributed by atoms with Gasteiger partial charge in [0.05, 0.1) is 11.2 Å². The highest BCUT2D eigenvalue weighted by Crippen LogP contribution is 2.21. The highest BCUT2D eigenvalue weighted by atomic mass is 35.5. The number of rotatable bonds is 7. The highest BCUT2D eigenvalue weighted by molar-refractivity contribution is 7.99. The highest BCUT2D eigenvalue weighted by Gasteiger charge is 2.15. The van der Waals surface area contributed by atoms with Crippen LogP contribution in [0.1, 0.15) is 23.8 Å². The van der Waals surface area contributed by atoms with E-state index in [1.807, 2.05) is 6.92 Å². The van der Waals surface area contributed by atoms with Gasteiger partial charge in [0.2, 0.25) is 0 Å². The third-order valence-corrected chi connectivity index (χ3v) is 4.05. The van der Waals surface area contributed by atoms with Crippen molar-refractivity contribution in [2.75, 3.05) is 11.1 Å². The van der Waals surface area contributed by atoms with Crippen molar-refractivity contribution in [3.63, 3.8) is 0 Å². The molecule has 24 heavy (non-hydrogen) atoms. The zero-order valence-corrected chi connectivity index (χ0v) is 14.2. The number of hydrogen-bond acceptors (Lipinski definition) is 5. The molecule has 9 heteroatoms. The molecule has 1 aromatic heterocycles. The third kappa shape index (κ3) is 5.31. The quantitative estimate of drug-likeness (QED) is 0.572. The average Bonchev–Trinajstić information content (AvgIpc) is 2.55. The zero-order valence-electron chi connectivity index (χ0n) is 12.6. The van der Waals surface area contributed by atoms with Crippen molar-refractivity contribution in [3.05, 3.63) is 41.2 Å². The van der Waals surface area contributed by atoms with E-state index in [4.69, 9.17) is 11.6 Å². The van der Waals surface area contributed by atoms with Crippen LogP contribution >= 0.6 is 23.4 Å². The van der Waals surface area contributed by atoms with Gasteiger partial charge in [-0.3, -0.25) is 4.79 Å². The van der Waals surface area contributed by atoms with Crippen LogP contribution in [0.4, 0.5) is 14.5 Å². The summed E-state index contributed by atoms with van der Waals surface area (Å²) in [6.45, 7) is -0.873. The van der Waals surface area contributed by atoms with E-state index in [-0.39, 0.29) is 16.5 Å². The number of anilines is 1. The van der Waals surface area contributed by atoms with Crippen LogP contribution in [0.2, 0.25) is 5.02 Å². The monoisotopic (exact) mass is 373 g/mol. The maximum absolute atomic E-state index is 12.3. The first-order chi connectivity index (χ1) is 11.5. The van der Waals surface area contributed by atoms with Gasteiger partial charge in [0, 0.05) is 11.4 Å². The Kier molecular flexibility index (Phi) is 6.74. The Bertz CT molecular complexity index is 702. The van der Waals surface area contributed by atoms with Gasteiger partial charge < -0.3 is 10.1 Å². The van der Waals surface area contributed by atoms with E-state index < -0.39 is 12.5 Å². The second-order valence-electron chi connectivity index (χ2n) is 4.55. The molecule has 0 radical (unpaired) electrons. The first kappa shape index (κ1) is 18.4. The van der Waals surface area contributed by atoms with Crippen molar-refractivity contribution < 1.29 is 18.3 Å². The number of alkyl halides is 2. The fraction of sp³-hybridized carbons (Fsp3) is 0.267. The van der Waals surface area contributed by atoms with Gasteiger partial charge in [-0.2, -0.15) is 8.78 Å². The summed E-state index contributed by atoms with van der Waals surface area (Å²) in [5.41, 5.74) is 0.456. The summed E-state index contributed by atoms with van der Waals surface area (Å²) < 4.78 is 28.4. The van der Waals surface area contributed by atoms with E-state index in [9.17, 15) is 13.6 Å². The standard InChI is InChI=1S/C15H14ClF2N3O2S/c1-2-7-24-15-19-8-11(16)12(21-15)13(22)20-9-3-5-10(6-4-9)23-14(17)18/h3-6,8,14H,2,7H2,1H3,(H,20,22). The van der Waals surface area contributed by atoms with Crippen molar-refractivity contribution in [1.29, 1.82) is 0 Å². The van der Waals surface area contributed by atoms with Gasteiger partial charge in [0.1, 0.15) is 5.75 Å². The second-order valence-corrected chi connectivity index (χ2v) is 6.02. The Hall–Kier alpha value is -1.93. The molecular weight excluding hydrogens is 360 g/mol. The first-order valence-electron chi connectivity index (χ1n) is 7.01. The smallest absolute Gasteiger partial charge is 0.387 e. The van der Waals surface area contributed by atoms with E-state index in [1.54, 1.807) is 0 Å². The summed E-state index contributed by atoms with van der Waals surface area (Å²) in [6.07, 6.45) is 2.33. The molecule has 0 bridgehead atoms. The molecule has 0 fully saturated rings. The lowest BCUT2D eigenvalue weighted by molar-refractivity contribution is -0.0498. The molecular formula is C15H14ClF2N3O2S. The molecule has 1 aromatic carbocycles. The van der Waals surface area contributed by atoms with E-state index in [0.717, 1.165) is 12.2 Å². The van der Waals surface area contributed by atoms with Crippen molar-refractivity contribution in [1.82, 2.24) is 9.97 Å². The van der Waals surface area contributed by atoms with E-state index in [1.165, 1.54) is 42.2 Å². The van der Waals surface area contributed by atoms with Crippen LogP contribution in [-0.4, -0.2) is 28.2 Å². The summed E-state index contributed by atoms with van der Waals surface area (Å²) in [5.74, 6) is 0.318. The Morgan fingerprint density at radius 1 is 1.38 bits per heavy atom. The Labute approximate surface area is 146 Å².